The lowest BCUT2D eigenvalue weighted by molar-refractivity contribution is -0.130. The van der Waals surface area contributed by atoms with E-state index in [9.17, 15) is 9.59 Å². The Labute approximate surface area is 125 Å². The van der Waals surface area contributed by atoms with Crippen molar-refractivity contribution in [1.29, 1.82) is 0 Å². The normalized spacial score (nSPS) is 15.8. The zero-order valence-corrected chi connectivity index (χ0v) is 12.6. The maximum atomic E-state index is 12.4. The Morgan fingerprint density at radius 3 is 2.33 bits per heavy atom. The van der Waals surface area contributed by atoms with Gasteiger partial charge in [-0.25, -0.2) is 0 Å². The van der Waals surface area contributed by atoms with Crippen molar-refractivity contribution in [1.82, 2.24) is 14.7 Å². The van der Waals surface area contributed by atoms with Crippen molar-refractivity contribution in [2.24, 2.45) is 0 Å². The zero-order chi connectivity index (χ0) is 15.4. The molecule has 21 heavy (non-hydrogen) atoms. The van der Waals surface area contributed by atoms with Crippen LogP contribution in [0.1, 0.15) is 10.4 Å². The number of para-hydroxylation sites is 1. The minimum absolute atomic E-state index is 0.0355. The number of anilines is 1. The summed E-state index contributed by atoms with van der Waals surface area (Å²) < 4.78 is 0. The molecule has 1 aromatic rings. The number of nitrogen functional groups attached to an aromatic ring is 1. The van der Waals surface area contributed by atoms with E-state index in [2.05, 4.69) is 4.90 Å². The molecule has 1 aliphatic heterocycles. The van der Waals surface area contributed by atoms with Gasteiger partial charge in [-0.05, 0) is 12.1 Å². The van der Waals surface area contributed by atoms with E-state index in [0.717, 1.165) is 0 Å². The molecule has 0 spiro atoms. The molecule has 1 fully saturated rings. The highest BCUT2D eigenvalue weighted by molar-refractivity contribution is 5.99. The summed E-state index contributed by atoms with van der Waals surface area (Å²) in [5, 5.41) is 0. The largest absolute Gasteiger partial charge is 0.398 e. The number of hydrogen-bond acceptors (Lipinski definition) is 4. The number of hydrogen-bond donors (Lipinski definition) is 1. The minimum Gasteiger partial charge on any atom is -0.398 e. The van der Waals surface area contributed by atoms with E-state index in [4.69, 9.17) is 5.73 Å². The molecule has 6 nitrogen and oxygen atoms in total. The molecule has 0 bridgehead atoms. The fourth-order valence-corrected chi connectivity index (χ4v) is 2.30. The summed E-state index contributed by atoms with van der Waals surface area (Å²) in [6, 6.07) is 7.12. The van der Waals surface area contributed by atoms with E-state index in [0.29, 0.717) is 44.0 Å². The van der Waals surface area contributed by atoms with Crippen LogP contribution in [-0.4, -0.2) is 73.3 Å². The van der Waals surface area contributed by atoms with Crippen molar-refractivity contribution in [3.05, 3.63) is 29.8 Å². The van der Waals surface area contributed by atoms with Gasteiger partial charge >= 0.3 is 0 Å². The van der Waals surface area contributed by atoms with Crippen LogP contribution in [0.5, 0.6) is 0 Å². The van der Waals surface area contributed by atoms with Crippen molar-refractivity contribution >= 4 is 17.5 Å². The predicted molar refractivity (Wildman–Crippen MR) is 81.9 cm³/mol. The van der Waals surface area contributed by atoms with Crippen LogP contribution in [0, 0.1) is 0 Å². The molecule has 0 radical (unpaired) electrons. The number of likely N-dealkylation sites (N-methyl/N-ethyl adjacent to an activating group) is 1. The number of rotatable bonds is 3. The Kier molecular flexibility index (Phi) is 4.80. The highest BCUT2D eigenvalue weighted by atomic mass is 16.2. The van der Waals surface area contributed by atoms with E-state index in [-0.39, 0.29) is 11.8 Å². The summed E-state index contributed by atoms with van der Waals surface area (Å²) in [7, 11) is 3.50. The molecular formula is C15H22N4O2. The van der Waals surface area contributed by atoms with Crippen LogP contribution in [0.15, 0.2) is 24.3 Å². The monoisotopic (exact) mass is 290 g/mol. The predicted octanol–water partition coefficient (Wildman–Crippen LogP) is 0.115. The quantitative estimate of drug-likeness (QED) is 0.803. The third kappa shape index (κ3) is 3.72. The number of carbonyl (C=O) groups excluding carboxylic acids is 2. The van der Waals surface area contributed by atoms with Gasteiger partial charge < -0.3 is 15.5 Å². The summed E-state index contributed by atoms with van der Waals surface area (Å²) >= 11 is 0. The molecule has 1 aromatic carbocycles. The maximum absolute atomic E-state index is 12.4. The van der Waals surface area contributed by atoms with Crippen molar-refractivity contribution in [3.63, 3.8) is 0 Å². The first-order valence-electron chi connectivity index (χ1n) is 7.05. The highest BCUT2D eigenvalue weighted by Crippen LogP contribution is 2.15. The molecule has 2 N–H and O–H groups in total. The summed E-state index contributed by atoms with van der Waals surface area (Å²) in [6.07, 6.45) is 0. The van der Waals surface area contributed by atoms with Crippen LogP contribution in [-0.2, 0) is 4.79 Å². The molecule has 0 aliphatic carbocycles. The summed E-state index contributed by atoms with van der Waals surface area (Å²) in [4.78, 5) is 29.5. The minimum atomic E-state index is -0.0355. The van der Waals surface area contributed by atoms with Crippen LogP contribution < -0.4 is 5.73 Å². The lowest BCUT2D eigenvalue weighted by atomic mass is 10.1. The SMILES string of the molecule is CN(C)C(=O)CN1CCN(C(=O)c2ccccc2N)CC1. The third-order valence-corrected chi connectivity index (χ3v) is 3.71. The zero-order valence-electron chi connectivity index (χ0n) is 12.6. The smallest absolute Gasteiger partial charge is 0.256 e. The molecule has 2 amide bonds. The standard InChI is InChI=1S/C15H22N4O2/c1-17(2)14(20)11-18-7-9-19(10-8-18)15(21)12-5-3-4-6-13(12)16/h3-6H,7-11,16H2,1-2H3. The molecular weight excluding hydrogens is 268 g/mol. The molecule has 6 heteroatoms. The van der Waals surface area contributed by atoms with Crippen LogP contribution in [0.2, 0.25) is 0 Å². The van der Waals surface area contributed by atoms with E-state index in [1.807, 2.05) is 12.1 Å². The fourth-order valence-electron chi connectivity index (χ4n) is 2.30. The van der Waals surface area contributed by atoms with Crippen molar-refractivity contribution in [2.75, 3.05) is 52.6 Å². The molecule has 2 rings (SSSR count). The summed E-state index contributed by atoms with van der Waals surface area (Å²) in [5.74, 6) is 0.0498. The number of nitrogens with zero attached hydrogens (tertiary/aromatic N) is 3. The van der Waals surface area contributed by atoms with Crippen LogP contribution in [0.3, 0.4) is 0 Å². The second-order valence-corrected chi connectivity index (χ2v) is 5.44. The van der Waals surface area contributed by atoms with Crippen molar-refractivity contribution < 1.29 is 9.59 Å². The number of piperazine rings is 1. The van der Waals surface area contributed by atoms with Gasteiger partial charge in [-0.15, -0.1) is 0 Å². The first-order chi connectivity index (χ1) is 9.99. The molecule has 1 aliphatic rings. The second kappa shape index (κ2) is 6.58. The average molecular weight is 290 g/mol. The number of amides is 2. The molecule has 1 saturated heterocycles. The summed E-state index contributed by atoms with van der Waals surface area (Å²) in [5.41, 5.74) is 6.90. The van der Waals surface area contributed by atoms with Gasteiger partial charge in [0.1, 0.15) is 0 Å². The Hall–Kier alpha value is -2.08. The number of carbonyl (C=O) groups is 2. The highest BCUT2D eigenvalue weighted by Gasteiger charge is 2.24. The van der Waals surface area contributed by atoms with Gasteiger partial charge in [-0.2, -0.15) is 0 Å². The number of benzene rings is 1. The Morgan fingerprint density at radius 2 is 1.76 bits per heavy atom. The van der Waals surface area contributed by atoms with Gasteiger partial charge in [-0.3, -0.25) is 14.5 Å². The van der Waals surface area contributed by atoms with E-state index >= 15 is 0 Å². The van der Waals surface area contributed by atoms with Gasteiger partial charge in [0.05, 0.1) is 12.1 Å². The number of nitrogens with two attached hydrogens (primary N) is 1. The molecule has 114 valence electrons. The van der Waals surface area contributed by atoms with Crippen molar-refractivity contribution in [2.45, 2.75) is 0 Å². The van der Waals surface area contributed by atoms with Gasteiger partial charge in [0, 0.05) is 46.0 Å². The summed E-state index contributed by atoms with van der Waals surface area (Å²) in [6.45, 7) is 3.06. The van der Waals surface area contributed by atoms with E-state index in [1.54, 1.807) is 36.0 Å². The molecule has 0 unspecified atom stereocenters. The lowest BCUT2D eigenvalue weighted by Gasteiger charge is -2.34. The van der Waals surface area contributed by atoms with Crippen LogP contribution >= 0.6 is 0 Å². The fraction of sp³-hybridized carbons (Fsp3) is 0.467. The van der Waals surface area contributed by atoms with Gasteiger partial charge in [-0.1, -0.05) is 12.1 Å². The van der Waals surface area contributed by atoms with Gasteiger partial charge in [0.2, 0.25) is 5.91 Å². The topological polar surface area (TPSA) is 69.9 Å². The van der Waals surface area contributed by atoms with E-state index < -0.39 is 0 Å². The molecule has 0 saturated carbocycles. The molecule has 1 heterocycles. The van der Waals surface area contributed by atoms with Crippen molar-refractivity contribution in [3.8, 4) is 0 Å². The van der Waals surface area contributed by atoms with Gasteiger partial charge in [0.25, 0.3) is 5.91 Å². The lowest BCUT2D eigenvalue weighted by Crippen LogP contribution is -2.51. The van der Waals surface area contributed by atoms with Crippen LogP contribution in [0.25, 0.3) is 0 Å². The average Bonchev–Trinajstić information content (AvgIpc) is 2.47. The molecule has 0 aromatic heterocycles. The van der Waals surface area contributed by atoms with Gasteiger partial charge in [0.15, 0.2) is 0 Å². The Morgan fingerprint density at radius 1 is 1.14 bits per heavy atom. The van der Waals surface area contributed by atoms with Crippen LogP contribution in [0.4, 0.5) is 5.69 Å². The van der Waals surface area contributed by atoms with E-state index in [1.165, 1.54) is 0 Å². The third-order valence-electron chi connectivity index (χ3n) is 3.71. The first kappa shape index (κ1) is 15.3. The molecule has 0 atom stereocenters. The maximum Gasteiger partial charge on any atom is 0.256 e. The second-order valence-electron chi connectivity index (χ2n) is 5.44. The Bertz CT molecular complexity index is 522. The first-order valence-corrected chi connectivity index (χ1v) is 7.05. The Balaban J connectivity index is 1.91.